The van der Waals surface area contributed by atoms with Gasteiger partial charge in [0.25, 0.3) is 0 Å². The van der Waals surface area contributed by atoms with Crippen molar-refractivity contribution in [1.82, 2.24) is 9.61 Å². The summed E-state index contributed by atoms with van der Waals surface area (Å²) >= 11 is 0. The quantitative estimate of drug-likeness (QED) is 0.658. The highest BCUT2D eigenvalue weighted by molar-refractivity contribution is 7.88. The predicted molar refractivity (Wildman–Crippen MR) is 74.3 cm³/mol. The van der Waals surface area contributed by atoms with Gasteiger partial charge in [-0.1, -0.05) is 6.92 Å². The Bertz CT molecular complexity index is 868. The molecule has 2 heterocycles. The van der Waals surface area contributed by atoms with Crippen LogP contribution >= 0.6 is 0 Å². The maximum absolute atomic E-state index is 12.5. The van der Waals surface area contributed by atoms with Crippen LogP contribution in [-0.2, 0) is 10.1 Å². The van der Waals surface area contributed by atoms with Gasteiger partial charge < -0.3 is 9.50 Å². The molecule has 0 saturated carbocycles. The first-order valence-corrected chi connectivity index (χ1v) is 7.76. The Labute approximate surface area is 129 Å². The van der Waals surface area contributed by atoms with E-state index in [2.05, 4.69) is 14.6 Å². The van der Waals surface area contributed by atoms with Crippen LogP contribution in [0.4, 0.5) is 18.9 Å². The summed E-state index contributed by atoms with van der Waals surface area (Å²) in [5.41, 5.74) is -5.55. The normalized spacial score (nSPS) is 12.1. The predicted octanol–water partition coefficient (Wildman–Crippen LogP) is 2.26. The lowest BCUT2D eigenvalue weighted by molar-refractivity contribution is -0.0499. The number of nitrogens with one attached hydrogen (secondary N) is 1. The maximum Gasteiger partial charge on any atom is 0.534 e. The van der Waals surface area contributed by atoms with Crippen LogP contribution in [0.1, 0.15) is 18.9 Å². The molecule has 0 unspecified atom stereocenters. The summed E-state index contributed by atoms with van der Waals surface area (Å²) in [6.45, 7) is 2.38. The van der Waals surface area contributed by atoms with Crippen LogP contribution in [0.25, 0.3) is 5.52 Å². The van der Waals surface area contributed by atoms with E-state index in [0.717, 1.165) is 23.2 Å². The van der Waals surface area contributed by atoms with Crippen LogP contribution in [0, 0.1) is 11.3 Å². The lowest BCUT2D eigenvalue weighted by atomic mass is 10.2. The lowest BCUT2D eigenvalue weighted by Crippen LogP contribution is -2.28. The van der Waals surface area contributed by atoms with Gasteiger partial charge in [-0.25, -0.2) is 4.52 Å². The molecule has 0 saturated heterocycles. The standard InChI is InChI=1S/C12H11F3N4O3S/c1-2-3-17-9-4-10(22-23(20,21)12(13,14)15)11-8(5-16)6-18-19(11)7-9/h4,6-7,17H,2-3H2,1H3. The molecule has 0 aliphatic carbocycles. The average Bonchev–Trinajstić information content (AvgIpc) is 2.86. The molecule has 11 heteroatoms. The highest BCUT2D eigenvalue weighted by atomic mass is 32.2. The van der Waals surface area contributed by atoms with Crippen LogP contribution in [0.2, 0.25) is 0 Å². The van der Waals surface area contributed by atoms with Crippen molar-refractivity contribution in [2.45, 2.75) is 18.9 Å². The average molecular weight is 348 g/mol. The van der Waals surface area contributed by atoms with Crippen LogP contribution in [0.15, 0.2) is 18.5 Å². The molecule has 0 spiro atoms. The molecule has 0 radical (unpaired) electrons. The Balaban J connectivity index is 2.59. The van der Waals surface area contributed by atoms with E-state index in [9.17, 15) is 21.6 Å². The second-order valence-corrected chi connectivity index (χ2v) is 6.00. The number of nitrogens with zero attached hydrogens (tertiary/aromatic N) is 3. The van der Waals surface area contributed by atoms with E-state index < -0.39 is 21.4 Å². The summed E-state index contributed by atoms with van der Waals surface area (Å²) in [4.78, 5) is 0. The minimum Gasteiger partial charge on any atom is -0.384 e. The highest BCUT2D eigenvalue weighted by Gasteiger charge is 2.49. The number of aromatic nitrogens is 2. The van der Waals surface area contributed by atoms with Crippen molar-refractivity contribution in [3.8, 4) is 11.8 Å². The van der Waals surface area contributed by atoms with E-state index >= 15 is 0 Å². The number of hydrogen-bond acceptors (Lipinski definition) is 6. The van der Waals surface area contributed by atoms with E-state index in [4.69, 9.17) is 5.26 Å². The Morgan fingerprint density at radius 1 is 1.48 bits per heavy atom. The van der Waals surface area contributed by atoms with Crippen LogP contribution < -0.4 is 9.50 Å². The van der Waals surface area contributed by atoms with Crippen molar-refractivity contribution < 1.29 is 25.8 Å². The molecule has 2 rings (SSSR count). The van der Waals surface area contributed by atoms with Crippen molar-refractivity contribution in [2.24, 2.45) is 0 Å². The maximum atomic E-state index is 12.5. The number of anilines is 1. The summed E-state index contributed by atoms with van der Waals surface area (Å²) in [7, 11) is -5.86. The Morgan fingerprint density at radius 3 is 2.74 bits per heavy atom. The third kappa shape index (κ3) is 3.31. The Kier molecular flexibility index (Phi) is 4.37. The largest absolute Gasteiger partial charge is 0.534 e. The second-order valence-electron chi connectivity index (χ2n) is 4.47. The summed E-state index contributed by atoms with van der Waals surface area (Å²) in [5.74, 6) is -0.627. The summed E-state index contributed by atoms with van der Waals surface area (Å²) < 4.78 is 65.3. The first kappa shape index (κ1) is 16.9. The number of nitriles is 1. The van der Waals surface area contributed by atoms with Crippen LogP contribution in [0.3, 0.4) is 0 Å². The molecule has 2 aromatic rings. The summed E-state index contributed by atoms with van der Waals surface area (Å²) in [6.07, 6.45) is 3.25. The molecule has 0 amide bonds. The van der Waals surface area contributed by atoms with Crippen LogP contribution in [0.5, 0.6) is 5.75 Å². The van der Waals surface area contributed by atoms with Gasteiger partial charge in [-0.05, 0) is 6.42 Å². The number of rotatable bonds is 5. The minimum atomic E-state index is -5.86. The Hall–Kier alpha value is -2.48. The zero-order valence-corrected chi connectivity index (χ0v) is 12.6. The highest BCUT2D eigenvalue weighted by Crippen LogP contribution is 2.32. The fourth-order valence-electron chi connectivity index (χ4n) is 1.76. The molecule has 23 heavy (non-hydrogen) atoms. The van der Waals surface area contributed by atoms with Gasteiger partial charge in [0, 0.05) is 12.6 Å². The minimum absolute atomic E-state index is 0.112. The number of halogens is 3. The van der Waals surface area contributed by atoms with E-state index in [0.29, 0.717) is 12.2 Å². The van der Waals surface area contributed by atoms with Gasteiger partial charge in [-0.3, -0.25) is 0 Å². The number of alkyl halides is 3. The Morgan fingerprint density at radius 2 is 2.17 bits per heavy atom. The van der Waals surface area contributed by atoms with E-state index in [-0.39, 0.29) is 11.1 Å². The van der Waals surface area contributed by atoms with E-state index in [1.807, 2.05) is 6.92 Å². The molecule has 0 bridgehead atoms. The van der Waals surface area contributed by atoms with Crippen molar-refractivity contribution in [3.05, 3.63) is 24.0 Å². The van der Waals surface area contributed by atoms with Crippen molar-refractivity contribution >= 4 is 21.3 Å². The van der Waals surface area contributed by atoms with Gasteiger partial charge in [0.05, 0.1) is 18.1 Å². The molecule has 1 N–H and O–H groups in total. The van der Waals surface area contributed by atoms with Gasteiger partial charge in [-0.2, -0.15) is 31.9 Å². The van der Waals surface area contributed by atoms with Crippen molar-refractivity contribution in [1.29, 1.82) is 5.26 Å². The molecule has 0 aliphatic heterocycles. The fourth-order valence-corrected chi connectivity index (χ4v) is 2.22. The second kappa shape index (κ2) is 5.96. The number of pyridine rings is 1. The molecule has 0 fully saturated rings. The fraction of sp³-hybridized carbons (Fsp3) is 0.333. The molecular weight excluding hydrogens is 337 g/mol. The molecule has 0 aromatic carbocycles. The van der Waals surface area contributed by atoms with Gasteiger partial charge in [-0.15, -0.1) is 0 Å². The molecule has 124 valence electrons. The summed E-state index contributed by atoms with van der Waals surface area (Å²) in [6, 6.07) is 2.80. The zero-order chi connectivity index (χ0) is 17.3. The van der Waals surface area contributed by atoms with Gasteiger partial charge in [0.15, 0.2) is 5.75 Å². The van der Waals surface area contributed by atoms with Gasteiger partial charge >= 0.3 is 15.6 Å². The van der Waals surface area contributed by atoms with E-state index in [1.54, 1.807) is 6.07 Å². The third-order valence-electron chi connectivity index (χ3n) is 2.76. The van der Waals surface area contributed by atoms with E-state index in [1.165, 1.54) is 6.20 Å². The van der Waals surface area contributed by atoms with Crippen LogP contribution in [-0.4, -0.2) is 30.1 Å². The smallest absolute Gasteiger partial charge is 0.384 e. The molecule has 7 nitrogen and oxygen atoms in total. The SMILES string of the molecule is CCCNc1cc(OS(=O)(=O)C(F)(F)F)c2c(C#N)cnn2c1. The first-order chi connectivity index (χ1) is 10.7. The third-order valence-corrected chi connectivity index (χ3v) is 3.73. The van der Waals surface area contributed by atoms with Crippen molar-refractivity contribution in [2.75, 3.05) is 11.9 Å². The lowest BCUT2D eigenvalue weighted by Gasteiger charge is -2.13. The molecule has 0 aliphatic rings. The number of fused-ring (bicyclic) bond motifs is 1. The molecular formula is C12H11F3N4O3S. The topological polar surface area (TPSA) is 96.5 Å². The first-order valence-electron chi connectivity index (χ1n) is 6.35. The summed E-state index contributed by atoms with van der Waals surface area (Å²) in [5, 5.41) is 15.7. The number of hydrogen-bond donors (Lipinski definition) is 1. The monoisotopic (exact) mass is 348 g/mol. The zero-order valence-electron chi connectivity index (χ0n) is 11.8. The van der Waals surface area contributed by atoms with Gasteiger partial charge in [0.1, 0.15) is 17.1 Å². The molecule has 0 atom stereocenters. The van der Waals surface area contributed by atoms with Crippen molar-refractivity contribution in [3.63, 3.8) is 0 Å². The van der Waals surface area contributed by atoms with Gasteiger partial charge in [0.2, 0.25) is 0 Å². The molecule has 2 aromatic heterocycles.